The second-order valence-electron chi connectivity index (χ2n) is 5.86. The number of para-hydroxylation sites is 2. The van der Waals surface area contributed by atoms with Crippen LogP contribution in [0.3, 0.4) is 0 Å². The Morgan fingerprint density at radius 3 is 3.04 bits per heavy atom. The fourth-order valence-electron chi connectivity index (χ4n) is 2.82. The van der Waals surface area contributed by atoms with E-state index >= 15 is 0 Å². The normalized spacial score (nSPS) is 16.6. The lowest BCUT2D eigenvalue weighted by atomic mass is 10.2. The predicted octanol–water partition coefficient (Wildman–Crippen LogP) is 1.74. The van der Waals surface area contributed by atoms with Gasteiger partial charge in [-0.2, -0.15) is 10.1 Å². The van der Waals surface area contributed by atoms with Crippen LogP contribution in [-0.2, 0) is 17.6 Å². The average molecular weight is 339 g/mol. The second-order valence-corrected chi connectivity index (χ2v) is 5.86. The molecule has 1 aromatic carbocycles. The van der Waals surface area contributed by atoms with Crippen molar-refractivity contribution in [2.75, 3.05) is 11.4 Å². The summed E-state index contributed by atoms with van der Waals surface area (Å²) in [5, 5.41) is 10.6. The topological polar surface area (TPSA) is 97.1 Å². The molecule has 0 spiro atoms. The maximum absolute atomic E-state index is 12.4. The number of carbonyl (C=O) groups is 1. The number of hydrogen-bond acceptors (Lipinski definition) is 6. The van der Waals surface area contributed by atoms with Gasteiger partial charge in [0.25, 0.3) is 5.91 Å². The minimum absolute atomic E-state index is 0.0724. The zero-order valence-corrected chi connectivity index (χ0v) is 13.7. The summed E-state index contributed by atoms with van der Waals surface area (Å²) in [6.07, 6.45) is 4.04. The van der Waals surface area contributed by atoms with Crippen LogP contribution < -0.4 is 9.64 Å². The molecule has 0 aliphatic carbocycles. The predicted molar refractivity (Wildman–Crippen MR) is 88.3 cm³/mol. The van der Waals surface area contributed by atoms with Gasteiger partial charge in [-0.15, -0.1) is 0 Å². The highest BCUT2D eigenvalue weighted by Gasteiger charge is 2.31. The Balaban J connectivity index is 1.46. The van der Waals surface area contributed by atoms with Gasteiger partial charge in [0.15, 0.2) is 11.9 Å². The first kappa shape index (κ1) is 15.4. The van der Waals surface area contributed by atoms with Gasteiger partial charge in [0.2, 0.25) is 5.89 Å². The van der Waals surface area contributed by atoms with Crippen LogP contribution in [0.15, 0.2) is 41.2 Å². The summed E-state index contributed by atoms with van der Waals surface area (Å²) >= 11 is 0. The van der Waals surface area contributed by atoms with Crippen molar-refractivity contribution in [3.05, 3.63) is 53.9 Å². The lowest BCUT2D eigenvalue weighted by Gasteiger charge is -2.32. The number of H-pyrrole nitrogens is 1. The molecule has 0 radical (unpaired) electrons. The quantitative estimate of drug-likeness (QED) is 0.760. The fraction of sp³-hybridized carbons (Fsp3) is 0.294. The van der Waals surface area contributed by atoms with Crippen molar-refractivity contribution in [3.63, 3.8) is 0 Å². The summed E-state index contributed by atoms with van der Waals surface area (Å²) in [6, 6.07) is 7.51. The number of ether oxygens (including phenoxy) is 1. The number of amides is 1. The highest BCUT2D eigenvalue weighted by Crippen LogP contribution is 2.33. The Kier molecular flexibility index (Phi) is 3.93. The van der Waals surface area contributed by atoms with Crippen molar-refractivity contribution < 1.29 is 14.1 Å². The molecule has 0 fully saturated rings. The van der Waals surface area contributed by atoms with Crippen LogP contribution in [-0.4, -0.2) is 38.9 Å². The lowest BCUT2D eigenvalue weighted by molar-refractivity contribution is -0.125. The maximum atomic E-state index is 12.4. The number of anilines is 1. The minimum Gasteiger partial charge on any atom is -0.479 e. The van der Waals surface area contributed by atoms with Crippen molar-refractivity contribution in [3.8, 4) is 5.75 Å². The van der Waals surface area contributed by atoms with Crippen LogP contribution in [0.25, 0.3) is 0 Å². The molecule has 3 heterocycles. The number of rotatable bonds is 5. The number of nitrogens with zero attached hydrogens (tertiary/aromatic N) is 4. The summed E-state index contributed by atoms with van der Waals surface area (Å²) in [7, 11) is 0. The fourth-order valence-corrected chi connectivity index (χ4v) is 2.82. The lowest BCUT2D eigenvalue weighted by Crippen LogP contribution is -2.45. The van der Waals surface area contributed by atoms with Crippen LogP contribution in [0.5, 0.6) is 5.75 Å². The number of nitrogens with one attached hydrogen (secondary N) is 1. The first-order valence-electron chi connectivity index (χ1n) is 8.07. The third-order valence-corrected chi connectivity index (χ3v) is 4.05. The van der Waals surface area contributed by atoms with Gasteiger partial charge in [-0.05, 0) is 24.6 Å². The highest BCUT2D eigenvalue weighted by atomic mass is 16.5. The Labute approximate surface area is 143 Å². The molecule has 1 aliphatic rings. The smallest absolute Gasteiger partial charge is 0.267 e. The summed E-state index contributed by atoms with van der Waals surface area (Å²) in [4.78, 5) is 18.5. The standard InChI is InChI=1S/C17H17N5O3/c1-11-17(23)22(13-4-2-3-5-14(13)24-11)7-6-16-20-15(21-25-16)8-12-9-18-19-10-12/h2-5,9-11H,6-8H2,1H3,(H,18,19). The molecule has 3 aromatic rings. The van der Waals surface area contributed by atoms with Crippen LogP contribution in [0.2, 0.25) is 0 Å². The van der Waals surface area contributed by atoms with Crippen molar-refractivity contribution >= 4 is 11.6 Å². The highest BCUT2D eigenvalue weighted by molar-refractivity contribution is 5.99. The number of benzene rings is 1. The van der Waals surface area contributed by atoms with E-state index in [9.17, 15) is 4.79 Å². The maximum Gasteiger partial charge on any atom is 0.267 e. The molecule has 2 aromatic heterocycles. The largest absolute Gasteiger partial charge is 0.479 e. The summed E-state index contributed by atoms with van der Waals surface area (Å²) in [5.74, 6) is 1.74. The van der Waals surface area contributed by atoms with E-state index in [2.05, 4.69) is 20.3 Å². The Bertz CT molecular complexity index is 874. The molecule has 0 saturated carbocycles. The van der Waals surface area contributed by atoms with Crippen molar-refractivity contribution in [1.82, 2.24) is 20.3 Å². The number of carbonyl (C=O) groups excluding carboxylic acids is 1. The number of hydrogen-bond donors (Lipinski definition) is 1. The SMILES string of the molecule is CC1Oc2ccccc2N(CCc2nc(Cc3cn[nH]c3)no2)C1=O. The summed E-state index contributed by atoms with van der Waals surface area (Å²) in [6.45, 7) is 2.21. The van der Waals surface area contributed by atoms with Gasteiger partial charge in [0.05, 0.1) is 11.9 Å². The van der Waals surface area contributed by atoms with E-state index < -0.39 is 6.10 Å². The van der Waals surface area contributed by atoms with Crippen LogP contribution >= 0.6 is 0 Å². The van der Waals surface area contributed by atoms with Gasteiger partial charge in [0, 0.05) is 25.6 Å². The van der Waals surface area contributed by atoms with Crippen molar-refractivity contribution in [2.24, 2.45) is 0 Å². The minimum atomic E-state index is -0.505. The second kappa shape index (κ2) is 6.39. The Morgan fingerprint density at radius 2 is 2.20 bits per heavy atom. The zero-order valence-electron chi connectivity index (χ0n) is 13.7. The van der Waals surface area contributed by atoms with E-state index in [1.165, 1.54) is 0 Å². The van der Waals surface area contributed by atoms with Crippen molar-refractivity contribution in [1.29, 1.82) is 0 Å². The van der Waals surface area contributed by atoms with Gasteiger partial charge in [-0.25, -0.2) is 0 Å². The summed E-state index contributed by atoms with van der Waals surface area (Å²) < 4.78 is 10.9. The van der Waals surface area contributed by atoms with Gasteiger partial charge in [-0.3, -0.25) is 9.89 Å². The molecule has 1 aliphatic heterocycles. The molecular weight excluding hydrogens is 322 g/mol. The van der Waals surface area contributed by atoms with Crippen LogP contribution in [0.1, 0.15) is 24.2 Å². The van der Waals surface area contributed by atoms with E-state index in [1.807, 2.05) is 24.3 Å². The van der Waals surface area contributed by atoms with Gasteiger partial charge >= 0.3 is 0 Å². The van der Waals surface area contributed by atoms with Crippen molar-refractivity contribution in [2.45, 2.75) is 25.9 Å². The first-order chi connectivity index (χ1) is 12.2. The molecule has 1 amide bonds. The van der Waals surface area contributed by atoms with Crippen LogP contribution in [0, 0.1) is 0 Å². The first-order valence-corrected chi connectivity index (χ1v) is 8.07. The molecule has 8 heteroatoms. The van der Waals surface area contributed by atoms with E-state index in [1.54, 1.807) is 24.2 Å². The molecule has 1 N–H and O–H groups in total. The molecule has 25 heavy (non-hydrogen) atoms. The molecule has 8 nitrogen and oxygen atoms in total. The third kappa shape index (κ3) is 3.10. The van der Waals surface area contributed by atoms with Gasteiger partial charge in [0.1, 0.15) is 5.75 Å². The van der Waals surface area contributed by atoms with E-state index in [4.69, 9.17) is 9.26 Å². The molecular formula is C17H17N5O3. The van der Waals surface area contributed by atoms with E-state index in [0.717, 1.165) is 11.3 Å². The molecule has 4 rings (SSSR count). The number of aromatic nitrogens is 4. The van der Waals surface area contributed by atoms with Gasteiger partial charge in [-0.1, -0.05) is 17.3 Å². The monoisotopic (exact) mass is 339 g/mol. The number of fused-ring (bicyclic) bond motifs is 1. The van der Waals surface area contributed by atoms with Gasteiger partial charge < -0.3 is 14.2 Å². The van der Waals surface area contributed by atoms with Crippen LogP contribution in [0.4, 0.5) is 5.69 Å². The molecule has 1 unspecified atom stereocenters. The van der Waals surface area contributed by atoms with E-state index in [-0.39, 0.29) is 5.91 Å². The Hall–Kier alpha value is -3.16. The number of aromatic amines is 1. The average Bonchev–Trinajstić information content (AvgIpc) is 3.28. The zero-order chi connectivity index (χ0) is 17.2. The molecule has 128 valence electrons. The molecule has 0 saturated heterocycles. The summed E-state index contributed by atoms with van der Waals surface area (Å²) in [5.41, 5.74) is 1.75. The molecule has 0 bridgehead atoms. The third-order valence-electron chi connectivity index (χ3n) is 4.05. The Morgan fingerprint density at radius 1 is 1.32 bits per heavy atom. The molecule has 1 atom stereocenters. The van der Waals surface area contributed by atoms with E-state index in [0.29, 0.717) is 36.9 Å².